The predicted octanol–water partition coefficient (Wildman–Crippen LogP) is 2.31. The number of aliphatic imine (C=N–C) groups is 1. The zero-order valence-electron chi connectivity index (χ0n) is 15.7. The highest BCUT2D eigenvalue weighted by Crippen LogP contribution is 2.34. The van der Waals surface area contributed by atoms with E-state index in [-0.39, 0.29) is 29.3 Å². The zero-order valence-corrected chi connectivity index (χ0v) is 15.7. The lowest BCUT2D eigenvalue weighted by Gasteiger charge is -2.31. The van der Waals surface area contributed by atoms with Crippen molar-refractivity contribution in [3.8, 4) is 6.07 Å². The summed E-state index contributed by atoms with van der Waals surface area (Å²) in [5, 5.41) is 15.8. The third-order valence-corrected chi connectivity index (χ3v) is 4.75. The quantitative estimate of drug-likeness (QED) is 0.690. The van der Waals surface area contributed by atoms with Crippen LogP contribution >= 0.6 is 0 Å². The Kier molecular flexibility index (Phi) is 4.50. The van der Waals surface area contributed by atoms with Crippen molar-refractivity contribution in [2.75, 3.05) is 5.32 Å². The average Bonchev–Trinajstić information content (AvgIpc) is 3.13. The van der Waals surface area contributed by atoms with E-state index < -0.39 is 23.1 Å². The molecule has 1 amide bonds. The Balaban J connectivity index is 1.66. The maximum Gasteiger partial charge on any atom is 0.274 e. The van der Waals surface area contributed by atoms with Crippen molar-refractivity contribution in [1.29, 1.82) is 5.26 Å². The molecule has 0 bridgehead atoms. The molecule has 3 aromatic rings. The van der Waals surface area contributed by atoms with Crippen molar-refractivity contribution in [1.82, 2.24) is 14.8 Å². The smallest absolute Gasteiger partial charge is 0.274 e. The molecule has 2 aromatic heterocycles. The normalized spacial score (nSPS) is 17.6. The van der Waals surface area contributed by atoms with Gasteiger partial charge in [0.1, 0.15) is 40.5 Å². The van der Waals surface area contributed by atoms with E-state index in [2.05, 4.69) is 20.4 Å². The minimum absolute atomic E-state index is 0.0126. The number of carbonyl (C=O) groups is 1. The first-order valence-electron chi connectivity index (χ1n) is 8.86. The third-order valence-electron chi connectivity index (χ3n) is 4.75. The molecule has 3 heterocycles. The maximum absolute atomic E-state index is 14.7. The largest absolute Gasteiger partial charge is 0.382 e. The van der Waals surface area contributed by atoms with Gasteiger partial charge in [0.15, 0.2) is 5.69 Å². The first-order valence-corrected chi connectivity index (χ1v) is 8.86. The number of amidine groups is 1. The standard InChI is InChI=1S/C20H15F2N7O/c1-20(10-29-17(18(24)27-20)7-13(8-23)28-29)14-6-12(3-4-15(14)22)26-19(30)16-5-2-11(21)9-25-16/h2-7,9H,10H2,1H3,(H2,24,27)(H,26,30)/t20-/m0/s1. The summed E-state index contributed by atoms with van der Waals surface area (Å²) in [6, 6.07) is 9.87. The van der Waals surface area contributed by atoms with Crippen molar-refractivity contribution < 1.29 is 13.6 Å². The van der Waals surface area contributed by atoms with Crippen molar-refractivity contribution >= 4 is 17.4 Å². The Bertz CT molecular complexity index is 1230. The number of aromatic nitrogens is 3. The highest BCUT2D eigenvalue weighted by Gasteiger charge is 2.35. The average molecular weight is 407 g/mol. The lowest BCUT2D eigenvalue weighted by atomic mass is 9.90. The molecule has 10 heteroatoms. The lowest BCUT2D eigenvalue weighted by molar-refractivity contribution is 0.102. The van der Waals surface area contributed by atoms with Gasteiger partial charge in [-0.3, -0.25) is 14.5 Å². The van der Waals surface area contributed by atoms with Crippen LogP contribution in [0.15, 0.2) is 47.6 Å². The molecule has 0 aliphatic carbocycles. The Morgan fingerprint density at radius 2 is 2.10 bits per heavy atom. The minimum atomic E-state index is -1.12. The molecule has 0 unspecified atom stereocenters. The Hall–Kier alpha value is -4.13. The number of hydrogen-bond donors (Lipinski definition) is 2. The Morgan fingerprint density at radius 3 is 2.80 bits per heavy atom. The van der Waals surface area contributed by atoms with Crippen LogP contribution in [0.5, 0.6) is 0 Å². The Labute approximate surface area is 169 Å². The molecule has 0 radical (unpaired) electrons. The summed E-state index contributed by atoms with van der Waals surface area (Å²) in [4.78, 5) is 20.5. The Morgan fingerprint density at radius 1 is 1.30 bits per heavy atom. The molecule has 1 atom stereocenters. The number of rotatable bonds is 3. The molecule has 0 spiro atoms. The topological polar surface area (TPSA) is 122 Å². The number of benzene rings is 1. The fourth-order valence-corrected chi connectivity index (χ4v) is 3.31. The van der Waals surface area contributed by atoms with Crippen LogP contribution in [0.1, 0.15) is 34.4 Å². The van der Waals surface area contributed by atoms with Gasteiger partial charge >= 0.3 is 0 Å². The van der Waals surface area contributed by atoms with Crippen LogP contribution in [0.3, 0.4) is 0 Å². The summed E-state index contributed by atoms with van der Waals surface area (Å²) >= 11 is 0. The summed E-state index contributed by atoms with van der Waals surface area (Å²) < 4.78 is 29.2. The molecule has 1 aliphatic rings. The lowest BCUT2D eigenvalue weighted by Crippen LogP contribution is -2.37. The first-order chi connectivity index (χ1) is 14.3. The number of anilines is 1. The molecular formula is C20H15F2N7O. The molecule has 0 fully saturated rings. The number of fused-ring (bicyclic) bond motifs is 1. The molecule has 30 heavy (non-hydrogen) atoms. The predicted molar refractivity (Wildman–Crippen MR) is 104 cm³/mol. The number of hydrogen-bond acceptors (Lipinski definition) is 6. The van der Waals surface area contributed by atoms with E-state index >= 15 is 0 Å². The van der Waals surface area contributed by atoms with Crippen LogP contribution < -0.4 is 11.1 Å². The molecule has 0 saturated carbocycles. The molecule has 0 saturated heterocycles. The minimum Gasteiger partial charge on any atom is -0.382 e. The molecule has 3 N–H and O–H groups in total. The molecule has 1 aliphatic heterocycles. The molecule has 4 rings (SSSR count). The van der Waals surface area contributed by atoms with E-state index in [4.69, 9.17) is 11.0 Å². The second-order valence-corrected chi connectivity index (χ2v) is 6.97. The van der Waals surface area contributed by atoms with E-state index in [0.717, 1.165) is 12.3 Å². The number of halogens is 2. The van der Waals surface area contributed by atoms with Gasteiger partial charge in [-0.25, -0.2) is 13.8 Å². The second-order valence-electron chi connectivity index (χ2n) is 6.97. The van der Waals surface area contributed by atoms with Gasteiger partial charge in [0.05, 0.1) is 12.7 Å². The van der Waals surface area contributed by atoms with Crippen LogP contribution in [-0.2, 0) is 12.1 Å². The molecular weight excluding hydrogens is 392 g/mol. The van der Waals surface area contributed by atoms with E-state index in [9.17, 15) is 13.6 Å². The molecule has 150 valence electrons. The highest BCUT2D eigenvalue weighted by atomic mass is 19.1. The summed E-state index contributed by atoms with van der Waals surface area (Å²) in [7, 11) is 0. The zero-order chi connectivity index (χ0) is 21.5. The van der Waals surface area contributed by atoms with Crippen molar-refractivity contribution in [2.24, 2.45) is 10.7 Å². The summed E-state index contributed by atoms with van der Waals surface area (Å²) in [5.74, 6) is -1.54. The first kappa shape index (κ1) is 19.2. The van der Waals surface area contributed by atoms with Gasteiger partial charge in [-0.15, -0.1) is 0 Å². The summed E-state index contributed by atoms with van der Waals surface area (Å²) in [6.07, 6.45) is 0.933. The number of nitrogens with two attached hydrogens (primary N) is 1. The maximum atomic E-state index is 14.7. The summed E-state index contributed by atoms with van der Waals surface area (Å²) in [6.45, 7) is 1.83. The van der Waals surface area contributed by atoms with Crippen molar-refractivity contribution in [3.63, 3.8) is 0 Å². The van der Waals surface area contributed by atoms with Gasteiger partial charge in [-0.1, -0.05) is 0 Å². The number of carbonyl (C=O) groups excluding carboxylic acids is 1. The van der Waals surface area contributed by atoms with Crippen molar-refractivity contribution in [2.45, 2.75) is 19.0 Å². The monoisotopic (exact) mass is 407 g/mol. The van der Waals surface area contributed by atoms with Crippen LogP contribution in [0.25, 0.3) is 0 Å². The number of nitrogens with one attached hydrogen (secondary N) is 1. The van der Waals surface area contributed by atoms with Gasteiger partial charge < -0.3 is 11.1 Å². The number of nitriles is 1. The summed E-state index contributed by atoms with van der Waals surface area (Å²) in [5.41, 5.74) is 6.09. The van der Waals surface area contributed by atoms with E-state index in [1.165, 1.54) is 35.0 Å². The van der Waals surface area contributed by atoms with Gasteiger partial charge in [0.25, 0.3) is 5.91 Å². The van der Waals surface area contributed by atoms with E-state index in [1.54, 1.807) is 6.92 Å². The molecule has 1 aromatic carbocycles. The van der Waals surface area contributed by atoms with Gasteiger partial charge in [0.2, 0.25) is 0 Å². The van der Waals surface area contributed by atoms with Gasteiger partial charge in [0, 0.05) is 17.3 Å². The van der Waals surface area contributed by atoms with Crippen LogP contribution in [0.2, 0.25) is 0 Å². The van der Waals surface area contributed by atoms with Crippen molar-refractivity contribution in [3.05, 3.63) is 76.9 Å². The van der Waals surface area contributed by atoms with E-state index in [1.807, 2.05) is 6.07 Å². The van der Waals surface area contributed by atoms with Crippen LogP contribution in [0.4, 0.5) is 14.5 Å². The van der Waals surface area contributed by atoms with Crippen LogP contribution in [0, 0.1) is 23.0 Å². The number of pyridine rings is 1. The van der Waals surface area contributed by atoms with E-state index in [0.29, 0.717) is 11.4 Å². The van der Waals surface area contributed by atoms with Gasteiger partial charge in [-0.05, 0) is 37.3 Å². The third kappa shape index (κ3) is 3.37. The van der Waals surface area contributed by atoms with Crippen LogP contribution in [-0.4, -0.2) is 26.5 Å². The number of amides is 1. The fraction of sp³-hybridized carbons (Fsp3) is 0.150. The fourth-order valence-electron chi connectivity index (χ4n) is 3.31. The SMILES string of the molecule is C[C@@]1(c2cc(NC(=O)c3ccc(F)cn3)ccc2F)Cn2nc(C#N)cc2C(N)=N1. The highest BCUT2D eigenvalue weighted by molar-refractivity contribution is 6.03. The van der Waals surface area contributed by atoms with Gasteiger partial charge in [-0.2, -0.15) is 10.4 Å². The second kappa shape index (κ2) is 7.04. The molecule has 8 nitrogen and oxygen atoms in total. The number of nitrogens with zero attached hydrogens (tertiary/aromatic N) is 5.